The number of fused-ring (bicyclic) bond motifs is 1. The minimum Gasteiger partial charge on any atom is -0.507 e. The smallest absolute Gasteiger partial charge is 0.190 e. The van der Waals surface area contributed by atoms with Gasteiger partial charge in [0.1, 0.15) is 11.5 Å². The summed E-state index contributed by atoms with van der Waals surface area (Å²) in [7, 11) is 0. The molecule has 1 atom stereocenters. The van der Waals surface area contributed by atoms with Gasteiger partial charge in [0.2, 0.25) is 0 Å². The molecule has 0 fully saturated rings. The normalized spacial score (nSPS) is 14.1. The van der Waals surface area contributed by atoms with Gasteiger partial charge in [-0.2, -0.15) is 0 Å². The summed E-state index contributed by atoms with van der Waals surface area (Å²) in [5.41, 5.74) is 0.539. The Morgan fingerprint density at radius 1 is 1.14 bits per heavy atom. The van der Waals surface area contributed by atoms with Gasteiger partial charge >= 0.3 is 0 Å². The van der Waals surface area contributed by atoms with Crippen LogP contribution in [0, 0.1) is 0 Å². The van der Waals surface area contributed by atoms with Crippen molar-refractivity contribution in [2.75, 3.05) is 0 Å². The quantitative estimate of drug-likeness (QED) is 0.589. The second-order valence-corrected chi connectivity index (χ2v) is 5.18. The molecule has 1 aliphatic rings. The minimum atomic E-state index is -1.08. The molecule has 0 heterocycles. The third-order valence-corrected chi connectivity index (χ3v) is 3.30. The van der Waals surface area contributed by atoms with E-state index in [1.807, 2.05) is 13.8 Å². The first-order chi connectivity index (χ1) is 9.82. The molecule has 0 saturated carbocycles. The first-order valence-electron chi connectivity index (χ1n) is 6.50. The van der Waals surface area contributed by atoms with E-state index in [0.717, 1.165) is 23.8 Å². The van der Waals surface area contributed by atoms with Gasteiger partial charge in [-0.1, -0.05) is 19.1 Å². The fourth-order valence-corrected chi connectivity index (χ4v) is 2.21. The van der Waals surface area contributed by atoms with Crippen LogP contribution in [0.5, 0.6) is 11.5 Å². The summed E-state index contributed by atoms with van der Waals surface area (Å²) in [4.78, 5) is 23.6. The summed E-state index contributed by atoms with van der Waals surface area (Å²) in [6, 6.07) is 1.13. The third kappa shape index (κ3) is 3.09. The van der Waals surface area contributed by atoms with E-state index < -0.39 is 29.2 Å². The Hall–Kier alpha value is -2.40. The van der Waals surface area contributed by atoms with E-state index in [1.165, 1.54) is 0 Å². The van der Waals surface area contributed by atoms with Crippen molar-refractivity contribution in [3.05, 3.63) is 46.6 Å². The molecule has 0 spiro atoms. The molecule has 0 unspecified atom stereocenters. The molecule has 0 saturated heterocycles. The zero-order chi connectivity index (χ0) is 15.7. The van der Waals surface area contributed by atoms with Gasteiger partial charge in [-0.05, 0) is 38.5 Å². The lowest BCUT2D eigenvalue weighted by Gasteiger charge is -2.18. The molecule has 22 heavy (non-hydrogen) atoms. The van der Waals surface area contributed by atoms with Crippen molar-refractivity contribution in [2.45, 2.75) is 33.8 Å². The van der Waals surface area contributed by atoms with Crippen LogP contribution in [-0.2, 0) is 0 Å². The molecule has 2 rings (SSSR count). The number of allylic oxidation sites excluding steroid dienone is 3. The van der Waals surface area contributed by atoms with E-state index in [2.05, 4.69) is 0 Å². The summed E-state index contributed by atoms with van der Waals surface area (Å²) in [6.07, 6.45) is 3.00. The Kier molecular flexibility index (Phi) is 5.28. The highest BCUT2D eigenvalue weighted by atomic mass is 16.3. The average Bonchev–Trinajstić information content (AvgIpc) is 2.42. The summed E-state index contributed by atoms with van der Waals surface area (Å²) < 4.78 is 0. The predicted octanol–water partition coefficient (Wildman–Crippen LogP) is 3.06. The molecule has 1 aromatic rings. The third-order valence-electron chi connectivity index (χ3n) is 3.30. The number of hydrogen-bond acceptors (Lipinski definition) is 5. The highest BCUT2D eigenvalue weighted by Gasteiger charge is 2.29. The molecule has 0 bridgehead atoms. The van der Waals surface area contributed by atoms with Gasteiger partial charge in [-0.15, -0.1) is 0 Å². The summed E-state index contributed by atoms with van der Waals surface area (Å²) in [5, 5.41) is 30.2. The largest absolute Gasteiger partial charge is 0.507 e. The zero-order valence-electron chi connectivity index (χ0n) is 11.8. The number of benzene rings is 1. The minimum absolute atomic E-state index is 0. The van der Waals surface area contributed by atoms with Crippen LogP contribution in [0.2, 0.25) is 0 Å². The van der Waals surface area contributed by atoms with E-state index in [0.29, 0.717) is 0 Å². The maximum absolute atomic E-state index is 11.8. The number of phenols is 2. The van der Waals surface area contributed by atoms with E-state index in [-0.39, 0.29) is 30.5 Å². The van der Waals surface area contributed by atoms with Crippen molar-refractivity contribution >= 4 is 11.6 Å². The van der Waals surface area contributed by atoms with Gasteiger partial charge in [0, 0.05) is 5.56 Å². The van der Waals surface area contributed by atoms with Crippen LogP contribution in [0.1, 0.15) is 60.1 Å². The van der Waals surface area contributed by atoms with Crippen molar-refractivity contribution in [1.29, 1.82) is 0 Å². The molecule has 118 valence electrons. The molecule has 1 aromatic carbocycles. The molecular weight excluding hydrogens is 284 g/mol. The maximum Gasteiger partial charge on any atom is 0.190 e. The average molecular weight is 304 g/mol. The highest BCUT2D eigenvalue weighted by molar-refractivity contribution is 6.24. The molecule has 0 aromatic heterocycles. The van der Waals surface area contributed by atoms with Crippen molar-refractivity contribution in [3.63, 3.8) is 0 Å². The number of carbonyl (C=O) groups excluding carboxylic acids is 2. The molecule has 3 N–H and O–H groups in total. The van der Waals surface area contributed by atoms with Crippen molar-refractivity contribution < 1.29 is 24.9 Å². The Balaban J connectivity index is 0.00000242. The lowest BCUT2D eigenvalue weighted by molar-refractivity contribution is 0.0988. The van der Waals surface area contributed by atoms with Crippen molar-refractivity contribution in [2.24, 2.45) is 0 Å². The second-order valence-electron chi connectivity index (χ2n) is 5.18. The SMILES string of the molecule is C.CC(C)=CC[C@@H](O)c1cc(O)c2c(c1O)C(=O)C=CC2=O. The number of carbonyl (C=O) groups is 2. The first kappa shape index (κ1) is 17.7. The van der Waals surface area contributed by atoms with E-state index in [9.17, 15) is 24.9 Å². The fourth-order valence-electron chi connectivity index (χ4n) is 2.21. The second kappa shape index (κ2) is 6.58. The van der Waals surface area contributed by atoms with Crippen molar-refractivity contribution in [3.8, 4) is 11.5 Å². The number of hydrogen-bond donors (Lipinski definition) is 3. The Morgan fingerprint density at radius 3 is 2.23 bits per heavy atom. The monoisotopic (exact) mass is 304 g/mol. The van der Waals surface area contributed by atoms with Crippen LogP contribution in [0.25, 0.3) is 0 Å². The molecule has 0 amide bonds. The zero-order valence-corrected chi connectivity index (χ0v) is 11.8. The first-order valence-corrected chi connectivity index (χ1v) is 6.50. The predicted molar refractivity (Wildman–Crippen MR) is 83.3 cm³/mol. The Bertz CT molecular complexity index is 679. The van der Waals surface area contributed by atoms with Gasteiger partial charge in [0.25, 0.3) is 0 Å². The number of rotatable bonds is 3. The topological polar surface area (TPSA) is 94.8 Å². The molecule has 0 aliphatic heterocycles. The van der Waals surface area contributed by atoms with Crippen LogP contribution < -0.4 is 0 Å². The molecule has 5 heteroatoms. The van der Waals surface area contributed by atoms with E-state index in [4.69, 9.17) is 0 Å². The van der Waals surface area contributed by atoms with Crippen LogP contribution in [0.4, 0.5) is 0 Å². The Morgan fingerprint density at radius 2 is 1.68 bits per heavy atom. The van der Waals surface area contributed by atoms with Gasteiger partial charge in [0.05, 0.1) is 17.2 Å². The summed E-state index contributed by atoms with van der Waals surface area (Å²) in [6.45, 7) is 3.73. The fraction of sp³-hybridized carbons (Fsp3) is 0.294. The lowest BCUT2D eigenvalue weighted by atomic mass is 9.89. The lowest BCUT2D eigenvalue weighted by Crippen LogP contribution is -2.14. The van der Waals surface area contributed by atoms with Crippen molar-refractivity contribution in [1.82, 2.24) is 0 Å². The van der Waals surface area contributed by atoms with Crippen LogP contribution in [-0.4, -0.2) is 26.9 Å². The van der Waals surface area contributed by atoms with Gasteiger partial charge in [0.15, 0.2) is 11.6 Å². The van der Waals surface area contributed by atoms with Gasteiger partial charge in [-0.25, -0.2) is 0 Å². The number of ketones is 2. The van der Waals surface area contributed by atoms with E-state index in [1.54, 1.807) is 6.08 Å². The van der Waals surface area contributed by atoms with Crippen LogP contribution >= 0.6 is 0 Å². The summed E-state index contributed by atoms with van der Waals surface area (Å²) in [5.74, 6) is -2.01. The Labute approximate surface area is 129 Å². The number of aliphatic hydroxyl groups excluding tert-OH is 1. The van der Waals surface area contributed by atoms with Crippen LogP contribution in [0.3, 0.4) is 0 Å². The summed E-state index contributed by atoms with van der Waals surface area (Å²) >= 11 is 0. The molecule has 5 nitrogen and oxygen atoms in total. The van der Waals surface area contributed by atoms with E-state index >= 15 is 0 Å². The van der Waals surface area contributed by atoms with Gasteiger partial charge < -0.3 is 15.3 Å². The number of phenolic OH excluding ortho intramolecular Hbond substituents is 2. The van der Waals surface area contributed by atoms with Gasteiger partial charge in [-0.3, -0.25) is 9.59 Å². The standard InChI is InChI=1S/C16H16O5.CH4/c1-8(2)3-4-10(17)9-7-13(20)14-11(18)5-6-12(19)15(14)16(9)21;/h3,5-7,10,17,20-21H,4H2,1-2H3;1H4/t10-;/m1./s1. The molecular formula is C17H20O5. The molecule has 0 radical (unpaired) electrons. The highest BCUT2D eigenvalue weighted by Crippen LogP contribution is 2.39. The maximum atomic E-state index is 11.8. The molecule has 1 aliphatic carbocycles. The number of aromatic hydroxyl groups is 2. The van der Waals surface area contributed by atoms with Crippen LogP contribution in [0.15, 0.2) is 29.9 Å². The number of aliphatic hydroxyl groups is 1.